The smallest absolute Gasteiger partial charge is 0.209 e. The molecule has 0 radical (unpaired) electrons. The van der Waals surface area contributed by atoms with E-state index in [1.165, 1.54) is 11.3 Å². The predicted molar refractivity (Wildman–Crippen MR) is 82.9 cm³/mol. The van der Waals surface area contributed by atoms with Gasteiger partial charge in [-0.3, -0.25) is 0 Å². The van der Waals surface area contributed by atoms with Gasteiger partial charge in [0.1, 0.15) is 5.75 Å². The third kappa shape index (κ3) is 2.75. The molecule has 20 heavy (non-hydrogen) atoms. The fourth-order valence-electron chi connectivity index (χ4n) is 1.79. The summed E-state index contributed by atoms with van der Waals surface area (Å²) in [5.41, 5.74) is 2.68. The van der Waals surface area contributed by atoms with Crippen LogP contribution < -0.4 is 0 Å². The van der Waals surface area contributed by atoms with Gasteiger partial charge in [0, 0.05) is 22.7 Å². The monoisotopic (exact) mass is 280 g/mol. The lowest BCUT2D eigenvalue weighted by atomic mass is 10.2. The Morgan fingerprint density at radius 3 is 2.55 bits per heavy atom. The maximum Gasteiger partial charge on any atom is 0.209 e. The first-order valence-corrected chi connectivity index (χ1v) is 7.04. The van der Waals surface area contributed by atoms with E-state index in [1.54, 1.807) is 18.3 Å². The van der Waals surface area contributed by atoms with Crippen LogP contribution >= 0.6 is 11.3 Å². The molecule has 0 saturated heterocycles. The minimum atomic E-state index is 0.219. The van der Waals surface area contributed by atoms with Gasteiger partial charge < -0.3 is 5.11 Å². The van der Waals surface area contributed by atoms with E-state index in [9.17, 15) is 5.11 Å². The summed E-state index contributed by atoms with van der Waals surface area (Å²) >= 11 is 1.48. The molecule has 0 aliphatic heterocycles. The van der Waals surface area contributed by atoms with Gasteiger partial charge in [0.15, 0.2) is 0 Å². The molecule has 0 spiro atoms. The minimum absolute atomic E-state index is 0.219. The Labute approximate surface area is 120 Å². The summed E-state index contributed by atoms with van der Waals surface area (Å²) in [7, 11) is 0. The quantitative estimate of drug-likeness (QED) is 0.728. The van der Waals surface area contributed by atoms with Crippen molar-refractivity contribution in [2.45, 2.75) is 0 Å². The predicted octanol–water partition coefficient (Wildman–Crippen LogP) is 4.27. The minimum Gasteiger partial charge on any atom is -0.507 e. The molecule has 1 heterocycles. The highest BCUT2D eigenvalue weighted by molar-refractivity contribution is 7.13. The van der Waals surface area contributed by atoms with E-state index in [1.807, 2.05) is 47.8 Å². The number of aromatic hydroxyl groups is 1. The van der Waals surface area contributed by atoms with Crippen molar-refractivity contribution in [1.29, 1.82) is 0 Å². The molecule has 3 nitrogen and oxygen atoms in total. The zero-order chi connectivity index (χ0) is 13.8. The third-order valence-electron chi connectivity index (χ3n) is 2.81. The van der Waals surface area contributed by atoms with Crippen LogP contribution in [0.25, 0.3) is 11.3 Å². The van der Waals surface area contributed by atoms with Crippen LogP contribution in [0.1, 0.15) is 5.56 Å². The summed E-state index contributed by atoms with van der Waals surface area (Å²) in [5.74, 6) is 0.219. The summed E-state index contributed by atoms with van der Waals surface area (Å²) in [5, 5.41) is 12.3. The highest BCUT2D eigenvalue weighted by Gasteiger charge is 2.03. The Bertz CT molecular complexity index is 735. The van der Waals surface area contributed by atoms with E-state index >= 15 is 0 Å². The van der Waals surface area contributed by atoms with Crippen molar-refractivity contribution in [1.82, 2.24) is 4.98 Å². The first kappa shape index (κ1) is 12.6. The average molecular weight is 280 g/mol. The van der Waals surface area contributed by atoms with Crippen LogP contribution in [0.3, 0.4) is 0 Å². The van der Waals surface area contributed by atoms with Crippen molar-refractivity contribution in [2.75, 3.05) is 0 Å². The van der Waals surface area contributed by atoms with Gasteiger partial charge in [-0.1, -0.05) is 42.5 Å². The van der Waals surface area contributed by atoms with Crippen LogP contribution in [0, 0.1) is 0 Å². The standard InChI is InChI=1S/C16H12N2OS/c19-15-9-5-4-8-13(15)10-17-16-18-14(11-20-16)12-6-2-1-3-7-12/h1-11,19H. The maximum atomic E-state index is 9.66. The first-order valence-electron chi connectivity index (χ1n) is 6.16. The Balaban J connectivity index is 1.83. The van der Waals surface area contributed by atoms with Gasteiger partial charge in [0.25, 0.3) is 0 Å². The molecule has 0 aliphatic carbocycles. The number of thiazole rings is 1. The van der Waals surface area contributed by atoms with Gasteiger partial charge >= 0.3 is 0 Å². The second-order valence-corrected chi connectivity index (χ2v) is 5.03. The molecular formula is C16H12N2OS. The highest BCUT2D eigenvalue weighted by atomic mass is 32.1. The largest absolute Gasteiger partial charge is 0.507 e. The lowest BCUT2D eigenvalue weighted by molar-refractivity contribution is 0.474. The van der Waals surface area contributed by atoms with E-state index in [0.29, 0.717) is 10.7 Å². The lowest BCUT2D eigenvalue weighted by Gasteiger charge is -1.95. The van der Waals surface area contributed by atoms with Crippen LogP contribution in [0.4, 0.5) is 5.13 Å². The SMILES string of the molecule is Oc1ccccc1C=Nc1nc(-c2ccccc2)cs1. The van der Waals surface area contributed by atoms with Crippen molar-refractivity contribution in [3.8, 4) is 17.0 Å². The molecule has 0 amide bonds. The van der Waals surface area contributed by atoms with E-state index in [0.717, 1.165) is 11.3 Å². The molecule has 0 bridgehead atoms. The van der Waals surface area contributed by atoms with Crippen LogP contribution in [0.15, 0.2) is 65.0 Å². The Hall–Kier alpha value is -2.46. The van der Waals surface area contributed by atoms with Crippen molar-refractivity contribution >= 4 is 22.7 Å². The summed E-state index contributed by atoms with van der Waals surface area (Å²) in [4.78, 5) is 8.77. The van der Waals surface area contributed by atoms with Crippen LogP contribution in [0.2, 0.25) is 0 Å². The number of para-hydroxylation sites is 1. The number of phenols is 1. The molecule has 3 aromatic rings. The van der Waals surface area contributed by atoms with E-state index < -0.39 is 0 Å². The van der Waals surface area contributed by atoms with Crippen LogP contribution in [-0.4, -0.2) is 16.3 Å². The zero-order valence-corrected chi connectivity index (χ0v) is 11.4. The van der Waals surface area contributed by atoms with Gasteiger partial charge in [-0.2, -0.15) is 0 Å². The fourth-order valence-corrected chi connectivity index (χ4v) is 2.46. The molecule has 0 fully saturated rings. The summed E-state index contributed by atoms with van der Waals surface area (Å²) < 4.78 is 0. The number of hydrogen-bond acceptors (Lipinski definition) is 4. The van der Waals surface area contributed by atoms with Gasteiger partial charge in [0.2, 0.25) is 5.13 Å². The molecule has 0 unspecified atom stereocenters. The highest BCUT2D eigenvalue weighted by Crippen LogP contribution is 2.26. The number of phenolic OH excluding ortho intramolecular Hbond substituents is 1. The number of hydrogen-bond donors (Lipinski definition) is 1. The van der Waals surface area contributed by atoms with Crippen molar-refractivity contribution in [3.05, 3.63) is 65.5 Å². The molecular weight excluding hydrogens is 268 g/mol. The van der Waals surface area contributed by atoms with E-state index in [2.05, 4.69) is 9.98 Å². The molecule has 4 heteroatoms. The molecule has 0 saturated carbocycles. The average Bonchev–Trinajstić information content (AvgIpc) is 2.96. The molecule has 3 rings (SSSR count). The lowest BCUT2D eigenvalue weighted by Crippen LogP contribution is -1.80. The number of nitrogens with zero attached hydrogens (tertiary/aromatic N) is 2. The second kappa shape index (κ2) is 5.67. The van der Waals surface area contributed by atoms with Gasteiger partial charge in [-0.05, 0) is 12.1 Å². The van der Waals surface area contributed by atoms with E-state index in [4.69, 9.17) is 0 Å². The molecule has 2 aromatic carbocycles. The molecule has 1 N–H and O–H groups in total. The normalized spacial score (nSPS) is 11.0. The molecule has 98 valence electrons. The van der Waals surface area contributed by atoms with Gasteiger partial charge in [0.05, 0.1) is 5.69 Å². The topological polar surface area (TPSA) is 45.5 Å². The van der Waals surface area contributed by atoms with Crippen LogP contribution in [-0.2, 0) is 0 Å². The van der Waals surface area contributed by atoms with Crippen molar-refractivity contribution in [2.24, 2.45) is 4.99 Å². The Morgan fingerprint density at radius 2 is 1.75 bits per heavy atom. The number of benzene rings is 2. The molecule has 1 aromatic heterocycles. The van der Waals surface area contributed by atoms with Crippen molar-refractivity contribution in [3.63, 3.8) is 0 Å². The second-order valence-electron chi connectivity index (χ2n) is 4.20. The zero-order valence-electron chi connectivity index (χ0n) is 10.6. The summed E-state index contributed by atoms with van der Waals surface area (Å²) in [6, 6.07) is 17.1. The summed E-state index contributed by atoms with van der Waals surface area (Å²) in [6.07, 6.45) is 1.63. The van der Waals surface area contributed by atoms with Gasteiger partial charge in [-0.25, -0.2) is 9.98 Å². The number of rotatable bonds is 3. The van der Waals surface area contributed by atoms with E-state index in [-0.39, 0.29) is 5.75 Å². The van der Waals surface area contributed by atoms with Crippen molar-refractivity contribution < 1.29 is 5.11 Å². The fraction of sp³-hybridized carbons (Fsp3) is 0. The third-order valence-corrected chi connectivity index (χ3v) is 3.56. The number of aliphatic imine (C=N–C) groups is 1. The Kier molecular flexibility index (Phi) is 3.56. The Morgan fingerprint density at radius 1 is 1.00 bits per heavy atom. The van der Waals surface area contributed by atoms with Crippen LogP contribution in [0.5, 0.6) is 5.75 Å². The summed E-state index contributed by atoms with van der Waals surface area (Å²) in [6.45, 7) is 0. The molecule has 0 atom stereocenters. The maximum absolute atomic E-state index is 9.66. The van der Waals surface area contributed by atoms with Gasteiger partial charge in [-0.15, -0.1) is 11.3 Å². The molecule has 0 aliphatic rings. The first-order chi connectivity index (χ1) is 9.83. The number of aromatic nitrogens is 1.